The van der Waals surface area contributed by atoms with E-state index in [2.05, 4.69) is 22.3 Å². The van der Waals surface area contributed by atoms with Crippen LogP contribution >= 0.6 is 0 Å². The number of aliphatic imine (C=N–C) groups is 2. The molecule has 0 spiro atoms. The zero-order valence-corrected chi connectivity index (χ0v) is 17.0. The van der Waals surface area contributed by atoms with E-state index in [9.17, 15) is 5.11 Å². The maximum Gasteiger partial charge on any atom is 0.216 e. The summed E-state index contributed by atoms with van der Waals surface area (Å²) in [6.07, 6.45) is 3.65. The first kappa shape index (κ1) is 19.2. The van der Waals surface area contributed by atoms with Crippen LogP contribution in [0.4, 0.5) is 11.4 Å². The molecule has 0 aromatic heterocycles. The van der Waals surface area contributed by atoms with Gasteiger partial charge in [-0.25, -0.2) is 9.98 Å². The van der Waals surface area contributed by atoms with Crippen LogP contribution in [0.25, 0.3) is 0 Å². The lowest BCUT2D eigenvalue weighted by Crippen LogP contribution is -2.52. The van der Waals surface area contributed by atoms with Crippen molar-refractivity contribution in [3.05, 3.63) is 60.2 Å². The predicted octanol–water partition coefficient (Wildman–Crippen LogP) is 4.14. The van der Waals surface area contributed by atoms with Crippen molar-refractivity contribution in [2.75, 3.05) is 11.9 Å². The number of piperidine rings is 1. The monoisotopic (exact) mass is 401 g/mol. The van der Waals surface area contributed by atoms with Crippen LogP contribution in [0.1, 0.15) is 37.7 Å². The van der Waals surface area contributed by atoms with E-state index >= 15 is 0 Å². The molecule has 1 aliphatic carbocycles. The van der Waals surface area contributed by atoms with E-state index in [4.69, 9.17) is 15.4 Å². The van der Waals surface area contributed by atoms with E-state index in [1.54, 1.807) is 0 Å². The third-order valence-electron chi connectivity index (χ3n) is 6.16. The van der Waals surface area contributed by atoms with E-state index in [-0.39, 0.29) is 6.04 Å². The molecule has 2 aromatic carbocycles. The van der Waals surface area contributed by atoms with E-state index in [0.717, 1.165) is 47.7 Å². The molecule has 2 unspecified atom stereocenters. The highest BCUT2D eigenvalue weighted by atomic mass is 16.3. The van der Waals surface area contributed by atoms with E-state index < -0.39 is 5.85 Å². The fraction of sp³-hybridized carbons (Fsp3) is 0.375. The number of hydrogen-bond acceptors (Lipinski definition) is 6. The summed E-state index contributed by atoms with van der Waals surface area (Å²) in [5.41, 5.74) is 5.27. The molecule has 0 amide bonds. The molecular weight excluding hydrogens is 374 g/mol. The Bertz CT molecular complexity index is 1020. The summed E-state index contributed by atoms with van der Waals surface area (Å²) in [6, 6.07) is 18.1. The molecule has 2 fully saturated rings. The molecule has 5 rings (SSSR count). The van der Waals surface area contributed by atoms with Crippen molar-refractivity contribution in [3.63, 3.8) is 0 Å². The molecular formula is C24H27N5O. The number of nitrogens with one attached hydrogen (secondary N) is 2. The van der Waals surface area contributed by atoms with Crippen molar-refractivity contribution in [1.29, 1.82) is 5.41 Å². The van der Waals surface area contributed by atoms with Crippen molar-refractivity contribution >= 4 is 28.5 Å². The van der Waals surface area contributed by atoms with Crippen LogP contribution in [0.15, 0.2) is 64.6 Å². The van der Waals surface area contributed by atoms with Gasteiger partial charge in [0, 0.05) is 38.1 Å². The summed E-state index contributed by atoms with van der Waals surface area (Å²) >= 11 is 0. The molecule has 0 bridgehead atoms. The van der Waals surface area contributed by atoms with Gasteiger partial charge in [0.2, 0.25) is 5.85 Å². The molecule has 3 aliphatic rings. The number of fused-ring (bicyclic) bond motifs is 2. The second kappa shape index (κ2) is 7.78. The van der Waals surface area contributed by atoms with Crippen LogP contribution in [-0.2, 0) is 6.54 Å². The molecule has 0 radical (unpaired) electrons. The maximum atomic E-state index is 11.6. The van der Waals surface area contributed by atoms with Crippen molar-refractivity contribution in [2.45, 2.75) is 50.5 Å². The van der Waals surface area contributed by atoms with Crippen LogP contribution in [0.5, 0.6) is 0 Å². The smallest absolute Gasteiger partial charge is 0.216 e. The van der Waals surface area contributed by atoms with Gasteiger partial charge >= 0.3 is 0 Å². The van der Waals surface area contributed by atoms with Crippen molar-refractivity contribution in [1.82, 2.24) is 4.90 Å². The van der Waals surface area contributed by atoms with Crippen molar-refractivity contribution in [3.8, 4) is 0 Å². The second-order valence-corrected chi connectivity index (χ2v) is 8.39. The van der Waals surface area contributed by atoms with E-state index in [0.29, 0.717) is 31.5 Å². The molecule has 30 heavy (non-hydrogen) atoms. The zero-order chi connectivity index (χ0) is 20.6. The number of aliphatic hydroxyl groups is 1. The molecule has 1 saturated heterocycles. The third kappa shape index (κ3) is 3.68. The number of rotatable bonds is 3. The van der Waals surface area contributed by atoms with Gasteiger partial charge in [-0.3, -0.25) is 4.90 Å². The van der Waals surface area contributed by atoms with Gasteiger partial charge in [0.1, 0.15) is 0 Å². The Morgan fingerprint density at radius 3 is 2.80 bits per heavy atom. The molecule has 2 atom stereocenters. The summed E-state index contributed by atoms with van der Waals surface area (Å²) in [5, 5.41) is 23.5. The minimum atomic E-state index is -1.26. The van der Waals surface area contributed by atoms with Crippen LogP contribution in [0.2, 0.25) is 0 Å². The minimum Gasteiger partial charge on any atom is -0.374 e. The molecule has 6 heteroatoms. The lowest BCUT2D eigenvalue weighted by atomic mass is 9.87. The first-order valence-electron chi connectivity index (χ1n) is 10.7. The van der Waals surface area contributed by atoms with E-state index in [1.807, 2.05) is 42.5 Å². The summed E-state index contributed by atoms with van der Waals surface area (Å²) in [5.74, 6) is -1.26. The fourth-order valence-electron chi connectivity index (χ4n) is 4.63. The van der Waals surface area contributed by atoms with Gasteiger partial charge in [0.25, 0.3) is 0 Å². The largest absolute Gasteiger partial charge is 0.374 e. The summed E-state index contributed by atoms with van der Waals surface area (Å²) in [6.45, 7) is 1.46. The number of hydrogen-bond donors (Lipinski definition) is 3. The zero-order valence-electron chi connectivity index (χ0n) is 17.0. The number of nitrogens with zero attached hydrogens (tertiary/aromatic N) is 3. The average molecular weight is 402 g/mol. The highest BCUT2D eigenvalue weighted by Gasteiger charge is 2.40. The maximum absolute atomic E-state index is 11.6. The third-order valence-corrected chi connectivity index (χ3v) is 6.16. The number of benzene rings is 2. The molecule has 154 valence electrons. The Kier molecular flexibility index (Phi) is 4.97. The Balaban J connectivity index is 1.50. The normalized spacial score (nSPS) is 27.8. The Morgan fingerprint density at radius 2 is 1.93 bits per heavy atom. The number of para-hydroxylation sites is 2. The molecule has 3 N–H and O–H groups in total. The molecule has 2 aromatic rings. The second-order valence-electron chi connectivity index (χ2n) is 8.39. The van der Waals surface area contributed by atoms with Crippen LogP contribution in [0, 0.1) is 5.41 Å². The van der Waals surface area contributed by atoms with Gasteiger partial charge in [0.15, 0.2) is 0 Å². The Labute approximate surface area is 176 Å². The highest BCUT2D eigenvalue weighted by molar-refractivity contribution is 6.50. The quantitative estimate of drug-likeness (QED) is 0.723. The van der Waals surface area contributed by atoms with Gasteiger partial charge in [-0.2, -0.15) is 0 Å². The van der Waals surface area contributed by atoms with Crippen LogP contribution in [-0.4, -0.2) is 45.6 Å². The first-order chi connectivity index (χ1) is 14.6. The SMILES string of the molecule is N=C1CC(=NC2(O)CCCCN2Cc2ccccc2)C2=Nc3ccccc3NC2C1. The lowest BCUT2D eigenvalue weighted by Gasteiger charge is -2.42. The fourth-order valence-corrected chi connectivity index (χ4v) is 4.63. The Hall–Kier alpha value is -2.83. The highest BCUT2D eigenvalue weighted by Crippen LogP contribution is 2.34. The summed E-state index contributed by atoms with van der Waals surface area (Å²) in [4.78, 5) is 11.9. The molecule has 2 aliphatic heterocycles. The molecule has 1 saturated carbocycles. The predicted molar refractivity (Wildman–Crippen MR) is 121 cm³/mol. The lowest BCUT2D eigenvalue weighted by molar-refractivity contribution is -0.129. The number of anilines is 1. The summed E-state index contributed by atoms with van der Waals surface area (Å²) in [7, 11) is 0. The standard InChI is InChI=1S/C24H27N5O/c25-18-14-21-23(27-20-11-5-4-10-19(20)26-21)22(15-18)28-24(30)12-6-7-13-29(24)16-17-8-2-1-3-9-17/h1-5,8-11,21,25-26,30H,6-7,12-16H2. The van der Waals surface area contributed by atoms with Gasteiger partial charge in [-0.1, -0.05) is 42.5 Å². The summed E-state index contributed by atoms with van der Waals surface area (Å²) < 4.78 is 0. The van der Waals surface area contributed by atoms with Crippen LogP contribution in [0.3, 0.4) is 0 Å². The molecule has 6 nitrogen and oxygen atoms in total. The van der Waals surface area contributed by atoms with Crippen molar-refractivity contribution < 1.29 is 5.11 Å². The number of likely N-dealkylation sites (tertiary alicyclic amines) is 1. The topological polar surface area (TPSA) is 84.1 Å². The Morgan fingerprint density at radius 1 is 1.13 bits per heavy atom. The minimum absolute atomic E-state index is 0.0605. The van der Waals surface area contributed by atoms with Gasteiger partial charge in [-0.15, -0.1) is 0 Å². The van der Waals surface area contributed by atoms with Gasteiger partial charge < -0.3 is 15.8 Å². The van der Waals surface area contributed by atoms with Gasteiger partial charge in [0.05, 0.1) is 28.8 Å². The van der Waals surface area contributed by atoms with Crippen LogP contribution < -0.4 is 5.32 Å². The van der Waals surface area contributed by atoms with Crippen molar-refractivity contribution in [2.24, 2.45) is 9.98 Å². The van der Waals surface area contributed by atoms with Gasteiger partial charge in [-0.05, 0) is 30.5 Å². The molecule has 2 heterocycles. The van der Waals surface area contributed by atoms with E-state index in [1.165, 1.54) is 0 Å². The first-order valence-corrected chi connectivity index (χ1v) is 10.7. The average Bonchev–Trinajstić information content (AvgIpc) is 2.75.